The van der Waals surface area contributed by atoms with Gasteiger partial charge in [-0.2, -0.15) is 0 Å². The first-order chi connectivity index (χ1) is 16.5. The predicted octanol–water partition coefficient (Wildman–Crippen LogP) is 6.10. The third-order valence-electron chi connectivity index (χ3n) is 5.39. The molecule has 5 rings (SSSR count). The Bertz CT molecular complexity index is 1380. The van der Waals surface area contributed by atoms with Gasteiger partial charge in [-0.15, -0.1) is 0 Å². The molecule has 1 atom stereocenters. The van der Waals surface area contributed by atoms with Gasteiger partial charge in [0.25, 0.3) is 0 Å². The molecule has 172 valence electrons. The van der Waals surface area contributed by atoms with Crippen LogP contribution >= 0.6 is 11.6 Å². The van der Waals surface area contributed by atoms with Crippen LogP contribution in [0.4, 0.5) is 15.9 Å². The second-order valence-corrected chi connectivity index (χ2v) is 8.53. The topological polar surface area (TPSA) is 68.6 Å². The highest BCUT2D eigenvalue weighted by atomic mass is 35.5. The molecule has 0 spiro atoms. The van der Waals surface area contributed by atoms with Crippen LogP contribution in [-0.2, 0) is 17.8 Å². The molecule has 3 aromatic carbocycles. The van der Waals surface area contributed by atoms with Gasteiger partial charge in [0.15, 0.2) is 5.90 Å². The Labute approximate surface area is 201 Å². The second-order valence-electron chi connectivity index (χ2n) is 8.12. The lowest BCUT2D eigenvalue weighted by atomic mass is 10.1. The van der Waals surface area contributed by atoms with E-state index in [4.69, 9.17) is 21.1 Å². The highest BCUT2D eigenvalue weighted by Gasteiger charge is 2.15. The van der Waals surface area contributed by atoms with Crippen molar-refractivity contribution in [1.82, 2.24) is 9.97 Å². The fraction of sp³-hybridized carbons (Fsp3) is 0.192. The quantitative estimate of drug-likeness (QED) is 0.349. The molecule has 0 saturated heterocycles. The minimum atomic E-state index is -0.301. The van der Waals surface area contributed by atoms with Gasteiger partial charge in [0.05, 0.1) is 16.6 Å². The molecule has 1 aliphatic heterocycles. The van der Waals surface area contributed by atoms with Crippen molar-refractivity contribution >= 4 is 39.9 Å². The molecule has 1 aromatic heterocycles. The molecule has 8 heteroatoms. The molecule has 0 fully saturated rings. The lowest BCUT2D eigenvalue weighted by Crippen LogP contribution is -2.04. The van der Waals surface area contributed by atoms with E-state index in [0.717, 1.165) is 33.6 Å². The molecule has 0 radical (unpaired) electrons. The fourth-order valence-electron chi connectivity index (χ4n) is 3.74. The van der Waals surface area contributed by atoms with E-state index in [1.54, 1.807) is 24.3 Å². The van der Waals surface area contributed by atoms with Crippen LogP contribution in [0.5, 0.6) is 5.75 Å². The number of halogens is 2. The number of aromatic nitrogens is 2. The zero-order chi connectivity index (χ0) is 23.5. The smallest absolute Gasteiger partial charge is 0.188 e. The molecular formula is C26H22ClFN4O2. The maximum Gasteiger partial charge on any atom is 0.188 e. The summed E-state index contributed by atoms with van der Waals surface area (Å²) in [7, 11) is 0. The van der Waals surface area contributed by atoms with Crippen molar-refractivity contribution in [2.75, 3.05) is 11.9 Å². The Balaban J connectivity index is 1.33. The number of hydrogen-bond donors (Lipinski definition) is 1. The number of aliphatic imine (C=N–C) groups is 1. The average molecular weight is 477 g/mol. The molecule has 1 unspecified atom stereocenters. The van der Waals surface area contributed by atoms with Gasteiger partial charge in [0.2, 0.25) is 0 Å². The van der Waals surface area contributed by atoms with Gasteiger partial charge in [0, 0.05) is 17.5 Å². The summed E-state index contributed by atoms with van der Waals surface area (Å²) in [6, 6.07) is 17.9. The minimum absolute atomic E-state index is 0.196. The first kappa shape index (κ1) is 22.1. The molecule has 0 amide bonds. The van der Waals surface area contributed by atoms with Crippen LogP contribution in [0.1, 0.15) is 18.1 Å². The standard InChI is InChI=1S/C26H22ClFN4O2/c1-16-13-34-25(31-16)11-17-5-7-23-21(10-17)26(30-15-29-23)32-20-6-8-24(22(27)12-20)33-14-18-3-2-4-19(28)9-18/h2-10,12,15-16H,11,13-14H2,1H3,(H,29,30,32). The molecule has 0 saturated carbocycles. The lowest BCUT2D eigenvalue weighted by molar-refractivity contribution is 0.306. The van der Waals surface area contributed by atoms with Gasteiger partial charge < -0.3 is 14.8 Å². The summed E-state index contributed by atoms with van der Waals surface area (Å²) in [5.74, 6) is 1.63. The normalized spacial score (nSPS) is 15.1. The maximum atomic E-state index is 13.4. The summed E-state index contributed by atoms with van der Waals surface area (Å²) in [5.41, 5.74) is 3.37. The first-order valence-electron chi connectivity index (χ1n) is 10.9. The second kappa shape index (κ2) is 9.65. The molecule has 2 heterocycles. The number of anilines is 2. The van der Waals surface area contributed by atoms with Gasteiger partial charge in [0.1, 0.15) is 36.9 Å². The fourth-order valence-corrected chi connectivity index (χ4v) is 3.98. The van der Waals surface area contributed by atoms with Crippen molar-refractivity contribution in [3.05, 3.63) is 89.0 Å². The molecule has 4 aromatic rings. The van der Waals surface area contributed by atoms with Crippen LogP contribution in [0.15, 0.2) is 72.0 Å². The van der Waals surface area contributed by atoms with Gasteiger partial charge in [-0.1, -0.05) is 29.8 Å². The number of nitrogens with zero attached hydrogens (tertiary/aromatic N) is 3. The van der Waals surface area contributed by atoms with Crippen molar-refractivity contribution in [1.29, 1.82) is 0 Å². The van der Waals surface area contributed by atoms with Crippen LogP contribution in [-0.4, -0.2) is 28.5 Å². The van der Waals surface area contributed by atoms with E-state index in [-0.39, 0.29) is 18.5 Å². The summed E-state index contributed by atoms with van der Waals surface area (Å²) in [6.45, 7) is 2.88. The summed E-state index contributed by atoms with van der Waals surface area (Å²) in [5, 5.41) is 4.64. The number of nitrogens with one attached hydrogen (secondary N) is 1. The van der Waals surface area contributed by atoms with Crippen molar-refractivity contribution in [2.24, 2.45) is 4.99 Å². The lowest BCUT2D eigenvalue weighted by Gasteiger charge is -2.12. The van der Waals surface area contributed by atoms with Crippen LogP contribution in [0, 0.1) is 5.82 Å². The third-order valence-corrected chi connectivity index (χ3v) is 5.68. The van der Waals surface area contributed by atoms with Crippen molar-refractivity contribution in [3.8, 4) is 5.75 Å². The maximum absolute atomic E-state index is 13.4. The first-order valence-corrected chi connectivity index (χ1v) is 11.3. The number of hydrogen-bond acceptors (Lipinski definition) is 6. The van der Waals surface area contributed by atoms with E-state index in [2.05, 4.69) is 20.3 Å². The molecule has 0 bridgehead atoms. The van der Waals surface area contributed by atoms with Crippen LogP contribution in [0.25, 0.3) is 10.9 Å². The van der Waals surface area contributed by atoms with Crippen LogP contribution in [0.3, 0.4) is 0 Å². The highest BCUT2D eigenvalue weighted by molar-refractivity contribution is 6.32. The highest BCUT2D eigenvalue weighted by Crippen LogP contribution is 2.31. The van der Waals surface area contributed by atoms with E-state index in [1.807, 2.05) is 31.2 Å². The van der Waals surface area contributed by atoms with Crippen molar-refractivity contribution < 1.29 is 13.9 Å². The van der Waals surface area contributed by atoms with E-state index in [1.165, 1.54) is 18.5 Å². The monoisotopic (exact) mass is 476 g/mol. The molecule has 6 nitrogen and oxygen atoms in total. The zero-order valence-electron chi connectivity index (χ0n) is 18.5. The van der Waals surface area contributed by atoms with E-state index in [9.17, 15) is 4.39 Å². The number of fused-ring (bicyclic) bond motifs is 1. The Kier molecular flexibility index (Phi) is 6.27. The summed E-state index contributed by atoms with van der Waals surface area (Å²) < 4.78 is 24.8. The largest absolute Gasteiger partial charge is 0.487 e. The third kappa shape index (κ3) is 5.10. The van der Waals surface area contributed by atoms with E-state index >= 15 is 0 Å². The Morgan fingerprint density at radius 2 is 2.00 bits per heavy atom. The average Bonchev–Trinajstić information content (AvgIpc) is 3.23. The summed E-state index contributed by atoms with van der Waals surface area (Å²) in [4.78, 5) is 13.3. The minimum Gasteiger partial charge on any atom is -0.487 e. The number of rotatable bonds is 7. The zero-order valence-corrected chi connectivity index (χ0v) is 19.2. The Morgan fingerprint density at radius 1 is 1.09 bits per heavy atom. The van der Waals surface area contributed by atoms with Crippen LogP contribution in [0.2, 0.25) is 5.02 Å². The molecular weight excluding hydrogens is 455 g/mol. The summed E-state index contributed by atoms with van der Waals surface area (Å²) in [6.07, 6.45) is 2.14. The Hall–Kier alpha value is -3.71. The van der Waals surface area contributed by atoms with Gasteiger partial charge in [-0.05, 0) is 60.5 Å². The summed E-state index contributed by atoms with van der Waals surface area (Å²) >= 11 is 6.44. The van der Waals surface area contributed by atoms with E-state index < -0.39 is 0 Å². The van der Waals surface area contributed by atoms with E-state index in [0.29, 0.717) is 29.6 Å². The van der Waals surface area contributed by atoms with Crippen LogP contribution < -0.4 is 10.1 Å². The SMILES string of the molecule is CC1COC(Cc2ccc3ncnc(Nc4ccc(OCc5cccc(F)c5)c(Cl)c4)c3c2)=N1. The Morgan fingerprint density at radius 3 is 2.79 bits per heavy atom. The van der Waals surface area contributed by atoms with Gasteiger partial charge in [-0.3, -0.25) is 0 Å². The van der Waals surface area contributed by atoms with Gasteiger partial charge >= 0.3 is 0 Å². The molecule has 34 heavy (non-hydrogen) atoms. The number of benzene rings is 3. The number of ether oxygens (including phenoxy) is 2. The predicted molar refractivity (Wildman–Crippen MR) is 132 cm³/mol. The van der Waals surface area contributed by atoms with Gasteiger partial charge in [-0.25, -0.2) is 19.4 Å². The molecule has 1 N–H and O–H groups in total. The van der Waals surface area contributed by atoms with Crippen molar-refractivity contribution in [2.45, 2.75) is 26.0 Å². The molecule has 1 aliphatic rings. The van der Waals surface area contributed by atoms with Crippen molar-refractivity contribution in [3.63, 3.8) is 0 Å². The molecule has 0 aliphatic carbocycles.